The molecule has 0 bridgehead atoms. The van der Waals surface area contributed by atoms with Gasteiger partial charge in [-0.25, -0.2) is 9.97 Å². The second-order valence-corrected chi connectivity index (χ2v) is 3.27. The predicted octanol–water partition coefficient (Wildman–Crippen LogP) is 0.646. The maximum atomic E-state index is 11.2. The molecule has 0 aliphatic rings. The Morgan fingerprint density at radius 2 is 2.31 bits per heavy atom. The summed E-state index contributed by atoms with van der Waals surface area (Å²) in [6.45, 7) is 2.13. The number of aromatic nitrogens is 3. The molecule has 2 heterocycles. The zero-order valence-electron chi connectivity index (χ0n) is 8.86. The number of aromatic amines is 1. The highest BCUT2D eigenvalue weighted by Crippen LogP contribution is 2.11. The van der Waals surface area contributed by atoms with Gasteiger partial charge in [-0.15, -0.1) is 0 Å². The van der Waals surface area contributed by atoms with Crippen LogP contribution in [0.1, 0.15) is 12.7 Å². The van der Waals surface area contributed by atoms with E-state index in [1.807, 2.05) is 0 Å². The molecule has 6 heteroatoms. The number of fused-ring (bicyclic) bond motifs is 1. The Labute approximate surface area is 91.8 Å². The van der Waals surface area contributed by atoms with Crippen LogP contribution >= 0.6 is 0 Å². The third-order valence-corrected chi connectivity index (χ3v) is 2.03. The molecule has 0 fully saturated rings. The quantitative estimate of drug-likeness (QED) is 0.740. The Bertz CT molecular complexity index is 521. The van der Waals surface area contributed by atoms with E-state index < -0.39 is 0 Å². The number of carbonyl (C=O) groups is 1. The highest BCUT2D eigenvalue weighted by atomic mass is 16.5. The van der Waals surface area contributed by atoms with Crippen LogP contribution in [0.5, 0.6) is 0 Å². The molecule has 0 amide bonds. The number of esters is 1. The fourth-order valence-electron chi connectivity index (χ4n) is 1.39. The van der Waals surface area contributed by atoms with Crippen molar-refractivity contribution >= 4 is 23.0 Å². The second-order valence-electron chi connectivity index (χ2n) is 3.27. The summed E-state index contributed by atoms with van der Waals surface area (Å²) in [5.41, 5.74) is 6.80. The Morgan fingerprint density at radius 1 is 1.50 bits per heavy atom. The number of hydrogen-bond donors (Lipinski definition) is 2. The SMILES string of the molecule is CCOC(=O)Cc1nc2nc(N)ccc2[nH]1. The zero-order chi connectivity index (χ0) is 11.5. The lowest BCUT2D eigenvalue weighted by molar-refractivity contribution is -0.142. The van der Waals surface area contributed by atoms with E-state index in [4.69, 9.17) is 10.5 Å². The number of rotatable bonds is 3. The van der Waals surface area contributed by atoms with Crippen molar-refractivity contribution in [2.24, 2.45) is 0 Å². The molecule has 0 radical (unpaired) electrons. The van der Waals surface area contributed by atoms with Crippen molar-refractivity contribution in [1.82, 2.24) is 15.0 Å². The highest BCUT2D eigenvalue weighted by molar-refractivity contribution is 5.76. The van der Waals surface area contributed by atoms with Gasteiger partial charge < -0.3 is 15.5 Å². The van der Waals surface area contributed by atoms with Gasteiger partial charge in [-0.05, 0) is 19.1 Å². The van der Waals surface area contributed by atoms with E-state index >= 15 is 0 Å². The minimum Gasteiger partial charge on any atom is -0.466 e. The van der Waals surface area contributed by atoms with Crippen molar-refractivity contribution < 1.29 is 9.53 Å². The van der Waals surface area contributed by atoms with Crippen molar-refractivity contribution in [2.75, 3.05) is 12.3 Å². The van der Waals surface area contributed by atoms with Gasteiger partial charge in [0, 0.05) is 0 Å². The minimum atomic E-state index is -0.311. The van der Waals surface area contributed by atoms with Crippen LogP contribution < -0.4 is 5.73 Å². The molecular weight excluding hydrogens is 208 g/mol. The smallest absolute Gasteiger partial charge is 0.313 e. The van der Waals surface area contributed by atoms with E-state index in [2.05, 4.69) is 15.0 Å². The van der Waals surface area contributed by atoms with Crippen LogP contribution in [-0.2, 0) is 16.0 Å². The molecule has 2 rings (SSSR count). The number of hydrogen-bond acceptors (Lipinski definition) is 5. The van der Waals surface area contributed by atoms with Gasteiger partial charge in [0.15, 0.2) is 5.65 Å². The average Bonchev–Trinajstić information content (AvgIpc) is 2.59. The Balaban J connectivity index is 2.23. The summed E-state index contributed by atoms with van der Waals surface area (Å²) in [6.07, 6.45) is 0.115. The Kier molecular flexibility index (Phi) is 2.72. The molecule has 0 unspecified atom stereocenters. The molecule has 0 saturated carbocycles. The van der Waals surface area contributed by atoms with Crippen molar-refractivity contribution in [1.29, 1.82) is 0 Å². The van der Waals surface area contributed by atoms with Gasteiger partial charge in [0.2, 0.25) is 0 Å². The van der Waals surface area contributed by atoms with Gasteiger partial charge in [0.05, 0.1) is 12.1 Å². The van der Waals surface area contributed by atoms with Crippen LogP contribution in [0.15, 0.2) is 12.1 Å². The number of nitrogens with zero attached hydrogens (tertiary/aromatic N) is 2. The number of nitrogens with one attached hydrogen (secondary N) is 1. The van der Waals surface area contributed by atoms with Gasteiger partial charge in [-0.1, -0.05) is 0 Å². The lowest BCUT2D eigenvalue weighted by Gasteiger charge is -1.97. The van der Waals surface area contributed by atoms with E-state index in [-0.39, 0.29) is 12.4 Å². The molecule has 0 aliphatic heterocycles. The molecule has 2 aromatic rings. The van der Waals surface area contributed by atoms with Crippen LogP contribution in [0.2, 0.25) is 0 Å². The van der Waals surface area contributed by atoms with Crippen LogP contribution in [-0.4, -0.2) is 27.5 Å². The van der Waals surface area contributed by atoms with E-state index in [0.29, 0.717) is 23.9 Å². The zero-order valence-corrected chi connectivity index (χ0v) is 8.86. The monoisotopic (exact) mass is 220 g/mol. The van der Waals surface area contributed by atoms with Gasteiger partial charge in [0.1, 0.15) is 18.1 Å². The second kappa shape index (κ2) is 4.18. The number of carbonyl (C=O) groups excluding carboxylic acids is 1. The first kappa shape index (κ1) is 10.4. The van der Waals surface area contributed by atoms with E-state index in [1.54, 1.807) is 19.1 Å². The van der Waals surface area contributed by atoms with Crippen molar-refractivity contribution in [3.63, 3.8) is 0 Å². The molecule has 0 aromatic carbocycles. The largest absolute Gasteiger partial charge is 0.466 e. The van der Waals surface area contributed by atoms with Gasteiger partial charge in [-0.3, -0.25) is 4.79 Å². The number of nitrogen functional groups attached to an aromatic ring is 1. The van der Waals surface area contributed by atoms with Crippen LogP contribution in [0.4, 0.5) is 5.82 Å². The normalized spacial score (nSPS) is 10.6. The summed E-state index contributed by atoms with van der Waals surface area (Å²) in [5.74, 6) is 0.628. The first-order chi connectivity index (χ1) is 7.69. The van der Waals surface area contributed by atoms with Gasteiger partial charge in [0.25, 0.3) is 0 Å². The van der Waals surface area contributed by atoms with Gasteiger partial charge in [-0.2, -0.15) is 0 Å². The summed E-state index contributed by atoms with van der Waals surface area (Å²) in [6, 6.07) is 3.45. The standard InChI is InChI=1S/C10H12N4O2/c1-2-16-9(15)5-8-12-6-3-4-7(11)13-10(6)14-8/h3-4H,2,5H2,1H3,(H3,11,12,13,14). The third kappa shape index (κ3) is 2.10. The summed E-state index contributed by atoms with van der Waals surface area (Å²) in [4.78, 5) is 22.4. The molecule has 2 aromatic heterocycles. The fourth-order valence-corrected chi connectivity index (χ4v) is 1.39. The maximum Gasteiger partial charge on any atom is 0.313 e. The topological polar surface area (TPSA) is 93.9 Å². The number of pyridine rings is 1. The molecule has 6 nitrogen and oxygen atoms in total. The molecule has 84 valence electrons. The third-order valence-electron chi connectivity index (χ3n) is 2.03. The maximum absolute atomic E-state index is 11.2. The molecule has 16 heavy (non-hydrogen) atoms. The number of H-pyrrole nitrogens is 1. The highest BCUT2D eigenvalue weighted by Gasteiger charge is 2.09. The van der Waals surface area contributed by atoms with Crippen molar-refractivity contribution in [2.45, 2.75) is 13.3 Å². The van der Waals surface area contributed by atoms with E-state index in [9.17, 15) is 4.79 Å². The Morgan fingerprint density at radius 3 is 3.06 bits per heavy atom. The fraction of sp³-hybridized carbons (Fsp3) is 0.300. The van der Waals surface area contributed by atoms with Crippen LogP contribution in [0.25, 0.3) is 11.2 Å². The number of ether oxygens (including phenoxy) is 1. The number of imidazole rings is 1. The van der Waals surface area contributed by atoms with Crippen LogP contribution in [0, 0.1) is 0 Å². The first-order valence-electron chi connectivity index (χ1n) is 4.95. The molecule has 0 spiro atoms. The average molecular weight is 220 g/mol. The molecule has 3 N–H and O–H groups in total. The lowest BCUT2D eigenvalue weighted by atomic mass is 10.4. The lowest BCUT2D eigenvalue weighted by Crippen LogP contribution is -2.08. The van der Waals surface area contributed by atoms with E-state index in [0.717, 1.165) is 5.52 Å². The molecular formula is C10H12N4O2. The van der Waals surface area contributed by atoms with Crippen LogP contribution in [0.3, 0.4) is 0 Å². The van der Waals surface area contributed by atoms with Gasteiger partial charge >= 0.3 is 5.97 Å². The summed E-state index contributed by atoms with van der Waals surface area (Å²) < 4.78 is 4.82. The predicted molar refractivity (Wildman–Crippen MR) is 58.6 cm³/mol. The molecule has 0 aliphatic carbocycles. The first-order valence-corrected chi connectivity index (χ1v) is 4.95. The van der Waals surface area contributed by atoms with E-state index in [1.165, 1.54) is 0 Å². The summed E-state index contributed by atoms with van der Waals surface area (Å²) in [7, 11) is 0. The Hall–Kier alpha value is -2.11. The summed E-state index contributed by atoms with van der Waals surface area (Å²) in [5, 5.41) is 0. The number of nitrogens with two attached hydrogens (primary N) is 1. The summed E-state index contributed by atoms with van der Waals surface area (Å²) >= 11 is 0. The number of anilines is 1. The van der Waals surface area contributed by atoms with Crippen molar-refractivity contribution in [3.8, 4) is 0 Å². The molecule has 0 atom stereocenters. The molecule has 0 saturated heterocycles. The van der Waals surface area contributed by atoms with Crippen molar-refractivity contribution in [3.05, 3.63) is 18.0 Å². The minimum absolute atomic E-state index is 0.115.